The van der Waals surface area contributed by atoms with Crippen LogP contribution < -0.4 is 9.64 Å². The molecule has 2 aliphatic heterocycles. The molecule has 0 amide bonds. The summed E-state index contributed by atoms with van der Waals surface area (Å²) in [6, 6.07) is 18.9. The Kier molecular flexibility index (Phi) is 5.50. The maximum absolute atomic E-state index is 9.70. The van der Waals surface area contributed by atoms with Crippen molar-refractivity contribution >= 4 is 17.3 Å². The summed E-state index contributed by atoms with van der Waals surface area (Å²) in [6.07, 6.45) is 4.93. The van der Waals surface area contributed by atoms with Crippen LogP contribution in [0.4, 0.5) is 5.69 Å². The predicted molar refractivity (Wildman–Crippen MR) is 131 cm³/mol. The Morgan fingerprint density at radius 3 is 2.50 bits per heavy atom. The van der Waals surface area contributed by atoms with E-state index in [1.54, 1.807) is 0 Å². The van der Waals surface area contributed by atoms with E-state index in [4.69, 9.17) is 14.2 Å². The molecule has 6 rings (SSSR count). The van der Waals surface area contributed by atoms with Gasteiger partial charge in [-0.1, -0.05) is 18.2 Å². The van der Waals surface area contributed by atoms with Crippen LogP contribution >= 0.6 is 0 Å². The van der Waals surface area contributed by atoms with Crippen molar-refractivity contribution in [3.8, 4) is 22.9 Å². The van der Waals surface area contributed by atoms with E-state index in [9.17, 15) is 5.26 Å². The van der Waals surface area contributed by atoms with Gasteiger partial charge in [-0.2, -0.15) is 5.26 Å². The average molecular weight is 452 g/mol. The fraction of sp³-hybridized carbons (Fsp3) is 0.286. The monoisotopic (exact) mass is 451 g/mol. The summed E-state index contributed by atoms with van der Waals surface area (Å²) in [5, 5.41) is 9.70. The zero-order valence-corrected chi connectivity index (χ0v) is 18.9. The normalized spacial score (nSPS) is 17.5. The van der Waals surface area contributed by atoms with E-state index >= 15 is 0 Å². The van der Waals surface area contributed by atoms with Crippen LogP contribution in [0.5, 0.6) is 5.75 Å². The first-order chi connectivity index (χ1) is 16.8. The molecule has 0 saturated carbocycles. The summed E-state index contributed by atoms with van der Waals surface area (Å²) in [7, 11) is 0. The van der Waals surface area contributed by atoms with Crippen molar-refractivity contribution < 1.29 is 14.2 Å². The Hall–Kier alpha value is -3.66. The van der Waals surface area contributed by atoms with E-state index in [1.165, 1.54) is 16.8 Å². The second-order valence-corrected chi connectivity index (χ2v) is 8.81. The van der Waals surface area contributed by atoms with Crippen molar-refractivity contribution in [2.24, 2.45) is 0 Å². The van der Waals surface area contributed by atoms with Gasteiger partial charge in [0.05, 0.1) is 37.7 Å². The van der Waals surface area contributed by atoms with Crippen molar-refractivity contribution in [2.45, 2.75) is 12.5 Å². The number of pyridine rings is 1. The maximum atomic E-state index is 9.70. The number of allylic oxidation sites excluding steroid dienone is 1. The van der Waals surface area contributed by atoms with Gasteiger partial charge in [-0.15, -0.1) is 0 Å². The van der Waals surface area contributed by atoms with Gasteiger partial charge in [-0.25, -0.2) is 0 Å². The molecule has 2 saturated heterocycles. The quantitative estimate of drug-likeness (QED) is 0.575. The molecular weight excluding hydrogens is 426 g/mol. The van der Waals surface area contributed by atoms with Gasteiger partial charge < -0.3 is 19.1 Å². The van der Waals surface area contributed by atoms with Crippen LogP contribution in [0, 0.1) is 11.3 Å². The molecule has 6 nitrogen and oxygen atoms in total. The van der Waals surface area contributed by atoms with Crippen LogP contribution in [0.15, 0.2) is 54.7 Å². The van der Waals surface area contributed by atoms with Gasteiger partial charge in [0.15, 0.2) is 0 Å². The molecule has 1 aliphatic carbocycles. The lowest BCUT2D eigenvalue weighted by molar-refractivity contribution is -0.0797. The minimum atomic E-state index is 0.0308. The second-order valence-electron chi connectivity index (χ2n) is 8.81. The molecule has 0 bridgehead atoms. The van der Waals surface area contributed by atoms with Crippen LogP contribution in [-0.2, 0) is 15.9 Å². The van der Waals surface area contributed by atoms with Crippen LogP contribution in [0.2, 0.25) is 0 Å². The molecule has 0 atom stereocenters. The number of aromatic nitrogens is 1. The minimum absolute atomic E-state index is 0.0308. The highest BCUT2D eigenvalue weighted by molar-refractivity contribution is 5.93. The van der Waals surface area contributed by atoms with Crippen molar-refractivity contribution in [3.05, 3.63) is 77.1 Å². The van der Waals surface area contributed by atoms with E-state index in [-0.39, 0.29) is 6.10 Å². The van der Waals surface area contributed by atoms with Gasteiger partial charge in [-0.3, -0.25) is 4.98 Å². The number of hydrogen-bond donors (Lipinski definition) is 0. The summed E-state index contributed by atoms with van der Waals surface area (Å²) < 4.78 is 16.5. The number of anilines is 1. The third-order valence-corrected chi connectivity index (χ3v) is 6.68. The fourth-order valence-corrected chi connectivity index (χ4v) is 4.72. The molecule has 0 unspecified atom stereocenters. The Morgan fingerprint density at radius 1 is 0.971 bits per heavy atom. The van der Waals surface area contributed by atoms with Crippen LogP contribution in [0.1, 0.15) is 22.4 Å². The highest BCUT2D eigenvalue weighted by Crippen LogP contribution is 2.38. The number of hydrogen-bond acceptors (Lipinski definition) is 6. The lowest BCUT2D eigenvalue weighted by atomic mass is 9.98. The summed E-state index contributed by atoms with van der Waals surface area (Å²) in [5.41, 5.74) is 8.51. The van der Waals surface area contributed by atoms with Gasteiger partial charge in [0.2, 0.25) is 0 Å². The third kappa shape index (κ3) is 3.94. The number of morpholine rings is 1. The first-order valence-corrected chi connectivity index (χ1v) is 11.7. The molecule has 3 aliphatic rings. The predicted octanol–water partition coefficient (Wildman–Crippen LogP) is 4.33. The molecule has 2 aromatic carbocycles. The smallest absolute Gasteiger partial charge is 0.145 e. The molecule has 1 aromatic heterocycles. The fourth-order valence-electron chi connectivity index (χ4n) is 4.72. The maximum Gasteiger partial charge on any atom is 0.145 e. The molecule has 3 heterocycles. The van der Waals surface area contributed by atoms with Gasteiger partial charge in [-0.05, 0) is 58.7 Å². The molecule has 170 valence electrons. The largest absolute Gasteiger partial charge is 0.484 e. The first-order valence-electron chi connectivity index (χ1n) is 11.7. The number of fused-ring (bicyclic) bond motifs is 1. The molecule has 2 fully saturated rings. The Morgan fingerprint density at radius 2 is 1.76 bits per heavy atom. The zero-order chi connectivity index (χ0) is 22.9. The van der Waals surface area contributed by atoms with Gasteiger partial charge in [0.25, 0.3) is 0 Å². The molecule has 6 heteroatoms. The standard InChI is InChI=1S/C28H25N3O3/c29-16-22-13-20(3-6-28(22)34-24-17-33-18-24)25-7-8-30-27-15-21(14-26(25)27)19-1-4-23(5-2-19)31-9-11-32-12-10-31/h1-8,13-14,24H,9-12,15,17-18H2. The summed E-state index contributed by atoms with van der Waals surface area (Å²) in [5.74, 6) is 0.613. The zero-order valence-electron chi connectivity index (χ0n) is 18.9. The Labute approximate surface area is 199 Å². The number of benzene rings is 2. The topological polar surface area (TPSA) is 67.6 Å². The minimum Gasteiger partial charge on any atom is -0.484 e. The third-order valence-electron chi connectivity index (χ3n) is 6.68. The van der Waals surface area contributed by atoms with Gasteiger partial charge >= 0.3 is 0 Å². The lowest BCUT2D eigenvalue weighted by Crippen LogP contribution is -2.38. The number of nitrogens with zero attached hydrogens (tertiary/aromatic N) is 3. The molecule has 0 N–H and O–H groups in total. The summed E-state index contributed by atoms with van der Waals surface area (Å²) >= 11 is 0. The summed E-state index contributed by atoms with van der Waals surface area (Å²) in [6.45, 7) is 4.59. The summed E-state index contributed by atoms with van der Waals surface area (Å²) in [4.78, 5) is 7.02. The Balaban J connectivity index is 1.28. The number of ether oxygens (including phenoxy) is 3. The van der Waals surface area contributed by atoms with Crippen molar-refractivity contribution in [1.82, 2.24) is 4.98 Å². The average Bonchev–Trinajstić information content (AvgIpc) is 3.31. The van der Waals surface area contributed by atoms with E-state index in [2.05, 4.69) is 46.3 Å². The van der Waals surface area contributed by atoms with Gasteiger partial charge in [0.1, 0.15) is 17.9 Å². The van der Waals surface area contributed by atoms with E-state index in [1.807, 2.05) is 30.5 Å². The number of nitriles is 1. The van der Waals surface area contributed by atoms with Crippen LogP contribution in [-0.4, -0.2) is 50.6 Å². The first kappa shape index (κ1) is 20.9. The molecule has 0 radical (unpaired) electrons. The van der Waals surface area contributed by atoms with E-state index in [0.29, 0.717) is 24.5 Å². The van der Waals surface area contributed by atoms with E-state index in [0.717, 1.165) is 55.1 Å². The van der Waals surface area contributed by atoms with E-state index < -0.39 is 0 Å². The highest BCUT2D eigenvalue weighted by atomic mass is 16.6. The SMILES string of the molecule is N#Cc1cc(-c2ccnc3c2C=C(c2ccc(N4CCOCC4)cc2)C3)ccc1OC1COC1. The van der Waals surface area contributed by atoms with Crippen molar-refractivity contribution in [3.63, 3.8) is 0 Å². The van der Waals surface area contributed by atoms with Crippen molar-refractivity contribution in [2.75, 3.05) is 44.4 Å². The molecule has 3 aromatic rings. The molecule has 34 heavy (non-hydrogen) atoms. The number of rotatable bonds is 5. The van der Waals surface area contributed by atoms with Gasteiger partial charge in [0, 0.05) is 37.0 Å². The molecular formula is C28H25N3O3. The van der Waals surface area contributed by atoms with Crippen LogP contribution in [0.25, 0.3) is 22.8 Å². The molecule has 0 spiro atoms. The van der Waals surface area contributed by atoms with Crippen molar-refractivity contribution in [1.29, 1.82) is 5.26 Å². The highest BCUT2D eigenvalue weighted by Gasteiger charge is 2.23. The second kappa shape index (κ2) is 8.94. The Bertz CT molecular complexity index is 1280. The van der Waals surface area contributed by atoms with Crippen LogP contribution in [0.3, 0.4) is 0 Å². The lowest BCUT2D eigenvalue weighted by Gasteiger charge is -2.29.